The van der Waals surface area contributed by atoms with Gasteiger partial charge in [0.2, 0.25) is 0 Å². The van der Waals surface area contributed by atoms with Crippen molar-refractivity contribution in [3.63, 3.8) is 0 Å². The maximum absolute atomic E-state index is 6.09. The van der Waals surface area contributed by atoms with Crippen molar-refractivity contribution in [2.45, 2.75) is 0 Å². The first-order valence-corrected chi connectivity index (χ1v) is 13.9. The van der Waals surface area contributed by atoms with Crippen LogP contribution in [0.4, 0.5) is 22.7 Å². The standard InChI is InChI=1S/C38H32N2O2/c1-41-33-21-15-29(16-22-33)38-36(40(31-11-7-4-8-12-31)32-19-23-34(42-2)24-20-32)26-25-35(27-13-17-30(39)18-14-27)37(38)28-9-5-3-6-10-28/h3-26H,39H2,1-2H3. The van der Waals surface area contributed by atoms with Crippen LogP contribution in [0.1, 0.15) is 0 Å². The van der Waals surface area contributed by atoms with Gasteiger partial charge in [-0.1, -0.05) is 78.9 Å². The van der Waals surface area contributed by atoms with E-state index in [4.69, 9.17) is 15.2 Å². The molecule has 0 aromatic heterocycles. The molecule has 0 radical (unpaired) electrons. The molecule has 0 aliphatic heterocycles. The molecule has 2 N–H and O–H groups in total. The third kappa shape index (κ3) is 5.30. The Balaban J connectivity index is 1.71. The molecule has 0 saturated carbocycles. The number of hydrogen-bond donors (Lipinski definition) is 1. The van der Waals surface area contributed by atoms with Crippen LogP contribution in [0, 0.1) is 0 Å². The molecule has 0 amide bonds. The van der Waals surface area contributed by atoms with E-state index >= 15 is 0 Å². The van der Waals surface area contributed by atoms with Crippen molar-refractivity contribution >= 4 is 22.7 Å². The maximum atomic E-state index is 6.09. The number of ether oxygens (including phenoxy) is 2. The average molecular weight is 549 g/mol. The van der Waals surface area contributed by atoms with Crippen LogP contribution in [0.15, 0.2) is 146 Å². The molecule has 6 aromatic rings. The number of nitrogen functional groups attached to an aromatic ring is 1. The van der Waals surface area contributed by atoms with E-state index in [2.05, 4.69) is 108 Å². The summed E-state index contributed by atoms with van der Waals surface area (Å²) < 4.78 is 11.0. The summed E-state index contributed by atoms with van der Waals surface area (Å²) in [7, 11) is 3.38. The molecule has 6 rings (SSSR count). The second-order valence-corrected chi connectivity index (χ2v) is 9.97. The van der Waals surface area contributed by atoms with Crippen molar-refractivity contribution in [1.82, 2.24) is 0 Å². The fourth-order valence-electron chi connectivity index (χ4n) is 5.37. The summed E-state index contributed by atoms with van der Waals surface area (Å²) in [6.07, 6.45) is 0. The number of nitrogens with zero attached hydrogens (tertiary/aromatic N) is 1. The Morgan fingerprint density at radius 2 is 0.952 bits per heavy atom. The van der Waals surface area contributed by atoms with Gasteiger partial charge in [-0.05, 0) is 94.5 Å². The number of para-hydroxylation sites is 1. The molecule has 0 aliphatic carbocycles. The van der Waals surface area contributed by atoms with Crippen molar-refractivity contribution < 1.29 is 9.47 Å². The maximum Gasteiger partial charge on any atom is 0.119 e. The molecular weight excluding hydrogens is 516 g/mol. The molecule has 0 saturated heterocycles. The van der Waals surface area contributed by atoms with E-state index in [1.54, 1.807) is 14.2 Å². The molecule has 0 unspecified atom stereocenters. The molecule has 4 heteroatoms. The molecule has 206 valence electrons. The highest BCUT2D eigenvalue weighted by Gasteiger charge is 2.23. The summed E-state index contributed by atoms with van der Waals surface area (Å²) in [4.78, 5) is 2.30. The van der Waals surface area contributed by atoms with E-state index in [0.717, 1.165) is 67.6 Å². The van der Waals surface area contributed by atoms with Gasteiger partial charge in [0.05, 0.1) is 19.9 Å². The van der Waals surface area contributed by atoms with Gasteiger partial charge in [-0.25, -0.2) is 0 Å². The monoisotopic (exact) mass is 548 g/mol. The van der Waals surface area contributed by atoms with Gasteiger partial charge in [0.15, 0.2) is 0 Å². The van der Waals surface area contributed by atoms with Gasteiger partial charge in [0.25, 0.3) is 0 Å². The summed E-state index contributed by atoms with van der Waals surface area (Å²) in [5, 5.41) is 0. The molecule has 4 nitrogen and oxygen atoms in total. The normalized spacial score (nSPS) is 10.7. The SMILES string of the molecule is COc1ccc(-c2c(N(c3ccccc3)c3ccc(OC)cc3)ccc(-c3ccc(N)cc3)c2-c2ccccc2)cc1. The number of hydrogen-bond acceptors (Lipinski definition) is 4. The first-order chi connectivity index (χ1) is 20.7. The predicted molar refractivity (Wildman–Crippen MR) is 175 cm³/mol. The van der Waals surface area contributed by atoms with E-state index in [1.807, 2.05) is 42.5 Å². The smallest absolute Gasteiger partial charge is 0.119 e. The lowest BCUT2D eigenvalue weighted by Gasteiger charge is -2.30. The Labute approximate surface area is 247 Å². The van der Waals surface area contributed by atoms with Crippen LogP contribution in [0.3, 0.4) is 0 Å². The zero-order valence-corrected chi connectivity index (χ0v) is 23.7. The van der Waals surface area contributed by atoms with Gasteiger partial charge in [-0.2, -0.15) is 0 Å². The Kier molecular flexibility index (Phi) is 7.60. The Hall–Kier alpha value is -5.48. The van der Waals surface area contributed by atoms with Crippen molar-refractivity contribution in [2.24, 2.45) is 0 Å². The Morgan fingerprint density at radius 1 is 0.452 bits per heavy atom. The lowest BCUT2D eigenvalue weighted by molar-refractivity contribution is 0.415. The lowest BCUT2D eigenvalue weighted by atomic mass is 9.86. The molecule has 0 aliphatic rings. The van der Waals surface area contributed by atoms with E-state index < -0.39 is 0 Å². The first kappa shape index (κ1) is 26.7. The van der Waals surface area contributed by atoms with Crippen molar-refractivity contribution in [1.29, 1.82) is 0 Å². The molecule has 0 atom stereocenters. The molecule has 0 heterocycles. The Morgan fingerprint density at radius 3 is 1.55 bits per heavy atom. The van der Waals surface area contributed by atoms with Gasteiger partial charge < -0.3 is 20.1 Å². The number of benzene rings is 6. The van der Waals surface area contributed by atoms with E-state index in [9.17, 15) is 0 Å². The molecule has 42 heavy (non-hydrogen) atoms. The van der Waals surface area contributed by atoms with E-state index in [0.29, 0.717) is 0 Å². The second kappa shape index (κ2) is 11.9. The number of rotatable bonds is 8. The summed E-state index contributed by atoms with van der Waals surface area (Å²) in [5.74, 6) is 1.62. The number of nitrogens with two attached hydrogens (primary N) is 1. The Bertz CT molecular complexity index is 1770. The summed E-state index contributed by atoms with van der Waals surface area (Å²) >= 11 is 0. The van der Waals surface area contributed by atoms with Crippen molar-refractivity contribution in [3.05, 3.63) is 146 Å². The van der Waals surface area contributed by atoms with Crippen molar-refractivity contribution in [3.8, 4) is 44.9 Å². The van der Waals surface area contributed by atoms with Crippen LogP contribution in [-0.2, 0) is 0 Å². The third-order valence-corrected chi connectivity index (χ3v) is 7.43. The van der Waals surface area contributed by atoms with Gasteiger partial charge in [-0.3, -0.25) is 0 Å². The molecule has 6 aromatic carbocycles. The zero-order chi connectivity index (χ0) is 28.9. The molecule has 0 bridgehead atoms. The van der Waals surface area contributed by atoms with Crippen LogP contribution in [0.5, 0.6) is 11.5 Å². The third-order valence-electron chi connectivity index (χ3n) is 7.43. The highest BCUT2D eigenvalue weighted by molar-refractivity contribution is 6.03. The molecule has 0 fully saturated rings. The highest BCUT2D eigenvalue weighted by atomic mass is 16.5. The molecule has 0 spiro atoms. The summed E-state index contributed by atoms with van der Waals surface area (Å²) in [6.45, 7) is 0. The minimum atomic E-state index is 0.738. The van der Waals surface area contributed by atoms with Crippen LogP contribution < -0.4 is 20.1 Å². The quantitative estimate of drug-likeness (QED) is 0.192. The van der Waals surface area contributed by atoms with Crippen LogP contribution in [0.25, 0.3) is 33.4 Å². The minimum absolute atomic E-state index is 0.738. The molecular formula is C38H32N2O2. The van der Waals surface area contributed by atoms with E-state index in [-0.39, 0.29) is 0 Å². The van der Waals surface area contributed by atoms with Crippen LogP contribution in [-0.4, -0.2) is 14.2 Å². The van der Waals surface area contributed by atoms with Crippen LogP contribution >= 0.6 is 0 Å². The fourth-order valence-corrected chi connectivity index (χ4v) is 5.37. The number of methoxy groups -OCH3 is 2. The summed E-state index contributed by atoms with van der Waals surface area (Å²) in [5.41, 5.74) is 16.6. The van der Waals surface area contributed by atoms with Gasteiger partial charge in [0.1, 0.15) is 11.5 Å². The average Bonchev–Trinajstić information content (AvgIpc) is 3.06. The predicted octanol–water partition coefficient (Wildman–Crippen LogP) is 9.76. The topological polar surface area (TPSA) is 47.7 Å². The first-order valence-electron chi connectivity index (χ1n) is 13.9. The van der Waals surface area contributed by atoms with Gasteiger partial charge in [0, 0.05) is 22.6 Å². The second-order valence-electron chi connectivity index (χ2n) is 9.97. The fraction of sp³-hybridized carbons (Fsp3) is 0.0526. The summed E-state index contributed by atoms with van der Waals surface area (Å²) in [6, 6.07) is 50.1. The van der Waals surface area contributed by atoms with Crippen molar-refractivity contribution in [2.75, 3.05) is 24.9 Å². The zero-order valence-electron chi connectivity index (χ0n) is 23.7. The minimum Gasteiger partial charge on any atom is -0.497 e. The number of anilines is 4. The van der Waals surface area contributed by atoms with Crippen LogP contribution in [0.2, 0.25) is 0 Å². The highest BCUT2D eigenvalue weighted by Crippen LogP contribution is 2.49. The van der Waals surface area contributed by atoms with Gasteiger partial charge >= 0.3 is 0 Å². The van der Waals surface area contributed by atoms with Gasteiger partial charge in [-0.15, -0.1) is 0 Å². The lowest BCUT2D eigenvalue weighted by Crippen LogP contribution is -2.12. The van der Waals surface area contributed by atoms with E-state index in [1.165, 1.54) is 0 Å². The largest absolute Gasteiger partial charge is 0.497 e.